The maximum absolute atomic E-state index is 5.75. The Morgan fingerprint density at radius 2 is 1.89 bits per heavy atom. The van der Waals surface area contributed by atoms with Crippen LogP contribution in [-0.4, -0.2) is 31.8 Å². The molecule has 1 heterocycles. The summed E-state index contributed by atoms with van der Waals surface area (Å²) >= 11 is 0. The third-order valence-corrected chi connectivity index (χ3v) is 3.10. The molecule has 1 aliphatic heterocycles. The van der Waals surface area contributed by atoms with E-state index in [4.69, 9.17) is 4.74 Å². The molecular formula is C15H22N2O. The average Bonchev–Trinajstić information content (AvgIpc) is 2.36. The molecule has 3 nitrogen and oxygen atoms in total. The number of benzene rings is 1. The molecule has 0 amide bonds. The quantitative estimate of drug-likeness (QED) is 0.827. The van der Waals surface area contributed by atoms with E-state index in [-0.39, 0.29) is 0 Å². The van der Waals surface area contributed by atoms with Gasteiger partial charge in [-0.15, -0.1) is 6.58 Å². The first-order chi connectivity index (χ1) is 8.69. The van der Waals surface area contributed by atoms with E-state index >= 15 is 0 Å². The summed E-state index contributed by atoms with van der Waals surface area (Å²) in [5.41, 5.74) is 2.40. The first-order valence-corrected chi connectivity index (χ1v) is 6.54. The van der Waals surface area contributed by atoms with Crippen LogP contribution < -0.4 is 10.2 Å². The Kier molecular flexibility index (Phi) is 4.26. The number of nitrogens with zero attached hydrogens (tertiary/aromatic N) is 1. The average molecular weight is 246 g/mol. The molecular weight excluding hydrogens is 224 g/mol. The lowest BCUT2D eigenvalue weighted by Gasteiger charge is -2.36. The minimum atomic E-state index is 0.298. The van der Waals surface area contributed by atoms with Crippen molar-refractivity contribution in [1.29, 1.82) is 0 Å². The molecule has 1 fully saturated rings. The fraction of sp³-hybridized carbons (Fsp3) is 0.467. The standard InChI is InChI=1S/C15H22N2O/c1-4-9-16-14-5-7-15(8-6-14)17-10-12(2)18-13(3)11-17/h4-8,12-13,16H,1,9-11H2,2-3H3. The molecule has 18 heavy (non-hydrogen) atoms. The minimum absolute atomic E-state index is 0.298. The second-order valence-corrected chi connectivity index (χ2v) is 4.88. The molecule has 1 aromatic carbocycles. The van der Waals surface area contributed by atoms with Crippen LogP contribution in [0.1, 0.15) is 13.8 Å². The van der Waals surface area contributed by atoms with Gasteiger partial charge >= 0.3 is 0 Å². The van der Waals surface area contributed by atoms with E-state index in [1.54, 1.807) is 0 Å². The molecule has 0 aliphatic carbocycles. The number of rotatable bonds is 4. The molecule has 0 radical (unpaired) electrons. The van der Waals surface area contributed by atoms with E-state index in [1.807, 2.05) is 6.08 Å². The third kappa shape index (κ3) is 3.26. The Balaban J connectivity index is 2.02. The molecule has 0 bridgehead atoms. The second kappa shape index (κ2) is 5.91. The number of hydrogen-bond donors (Lipinski definition) is 1. The summed E-state index contributed by atoms with van der Waals surface area (Å²) in [5.74, 6) is 0. The van der Waals surface area contributed by atoms with Gasteiger partial charge in [-0.05, 0) is 38.1 Å². The van der Waals surface area contributed by atoms with Crippen molar-refractivity contribution in [2.24, 2.45) is 0 Å². The van der Waals surface area contributed by atoms with Crippen molar-refractivity contribution in [1.82, 2.24) is 0 Å². The lowest BCUT2D eigenvalue weighted by atomic mass is 10.2. The van der Waals surface area contributed by atoms with Crippen LogP contribution in [0, 0.1) is 0 Å². The highest BCUT2D eigenvalue weighted by Crippen LogP contribution is 2.22. The van der Waals surface area contributed by atoms with Crippen LogP contribution in [0.5, 0.6) is 0 Å². The van der Waals surface area contributed by atoms with Crippen LogP contribution in [0.25, 0.3) is 0 Å². The molecule has 0 aromatic heterocycles. The summed E-state index contributed by atoms with van der Waals surface area (Å²) in [4.78, 5) is 2.39. The normalized spacial score (nSPS) is 23.8. The van der Waals surface area contributed by atoms with E-state index in [2.05, 4.69) is 54.9 Å². The third-order valence-electron chi connectivity index (χ3n) is 3.10. The smallest absolute Gasteiger partial charge is 0.0726 e. The summed E-state index contributed by atoms with van der Waals surface area (Å²) in [5, 5.41) is 3.28. The maximum Gasteiger partial charge on any atom is 0.0726 e. The van der Waals surface area contributed by atoms with Gasteiger partial charge in [0, 0.05) is 31.0 Å². The van der Waals surface area contributed by atoms with Gasteiger partial charge in [-0.1, -0.05) is 6.08 Å². The fourth-order valence-corrected chi connectivity index (χ4v) is 2.37. The fourth-order valence-electron chi connectivity index (χ4n) is 2.37. The molecule has 0 saturated carbocycles. The lowest BCUT2D eigenvalue weighted by molar-refractivity contribution is -0.00521. The SMILES string of the molecule is C=CCNc1ccc(N2CC(C)OC(C)C2)cc1. The number of anilines is 2. The van der Waals surface area contributed by atoms with Gasteiger partial charge in [0.15, 0.2) is 0 Å². The van der Waals surface area contributed by atoms with Gasteiger partial charge in [0.2, 0.25) is 0 Å². The van der Waals surface area contributed by atoms with Crippen molar-refractivity contribution in [2.45, 2.75) is 26.1 Å². The first-order valence-electron chi connectivity index (χ1n) is 6.54. The molecule has 98 valence electrons. The van der Waals surface area contributed by atoms with Gasteiger partial charge in [-0.25, -0.2) is 0 Å². The zero-order chi connectivity index (χ0) is 13.0. The van der Waals surface area contributed by atoms with Crippen LogP contribution in [0.4, 0.5) is 11.4 Å². The summed E-state index contributed by atoms with van der Waals surface area (Å²) < 4.78 is 5.75. The molecule has 1 N–H and O–H groups in total. The predicted molar refractivity (Wildman–Crippen MR) is 77.4 cm³/mol. The van der Waals surface area contributed by atoms with Crippen molar-refractivity contribution in [3.05, 3.63) is 36.9 Å². The molecule has 0 spiro atoms. The van der Waals surface area contributed by atoms with Crippen molar-refractivity contribution < 1.29 is 4.74 Å². The van der Waals surface area contributed by atoms with Crippen LogP contribution in [0.2, 0.25) is 0 Å². The highest BCUT2D eigenvalue weighted by atomic mass is 16.5. The summed E-state index contributed by atoms with van der Waals surface area (Å²) in [7, 11) is 0. The van der Waals surface area contributed by atoms with Gasteiger partial charge in [-0.2, -0.15) is 0 Å². The number of nitrogens with one attached hydrogen (secondary N) is 1. The van der Waals surface area contributed by atoms with Gasteiger partial charge in [0.25, 0.3) is 0 Å². The van der Waals surface area contributed by atoms with Gasteiger partial charge in [0.05, 0.1) is 12.2 Å². The Bertz CT molecular complexity index is 378. The Hall–Kier alpha value is -1.48. The van der Waals surface area contributed by atoms with E-state index in [9.17, 15) is 0 Å². The predicted octanol–water partition coefficient (Wildman–Crippen LogP) is 2.90. The summed E-state index contributed by atoms with van der Waals surface area (Å²) in [6.07, 6.45) is 2.46. The van der Waals surface area contributed by atoms with Gasteiger partial charge in [-0.3, -0.25) is 0 Å². The van der Waals surface area contributed by atoms with Gasteiger partial charge in [0.1, 0.15) is 0 Å². The van der Waals surface area contributed by atoms with Crippen molar-refractivity contribution in [3.8, 4) is 0 Å². The number of morpholine rings is 1. The Morgan fingerprint density at radius 3 is 2.44 bits per heavy atom. The summed E-state index contributed by atoms with van der Waals surface area (Å²) in [6.45, 7) is 10.7. The van der Waals surface area contributed by atoms with E-state index in [1.165, 1.54) is 5.69 Å². The maximum atomic E-state index is 5.75. The van der Waals surface area contributed by atoms with Crippen LogP contribution >= 0.6 is 0 Å². The van der Waals surface area contributed by atoms with E-state index in [0.29, 0.717) is 12.2 Å². The van der Waals surface area contributed by atoms with Crippen LogP contribution in [0.15, 0.2) is 36.9 Å². The zero-order valence-corrected chi connectivity index (χ0v) is 11.2. The Labute approximate surface area is 109 Å². The molecule has 2 unspecified atom stereocenters. The minimum Gasteiger partial charge on any atom is -0.382 e. The molecule has 1 saturated heterocycles. The van der Waals surface area contributed by atoms with Crippen LogP contribution in [-0.2, 0) is 4.74 Å². The molecule has 3 heteroatoms. The van der Waals surface area contributed by atoms with E-state index < -0.39 is 0 Å². The second-order valence-electron chi connectivity index (χ2n) is 4.88. The Morgan fingerprint density at radius 1 is 1.28 bits per heavy atom. The lowest BCUT2D eigenvalue weighted by Crippen LogP contribution is -2.45. The summed E-state index contributed by atoms with van der Waals surface area (Å²) in [6, 6.07) is 8.56. The molecule has 2 atom stereocenters. The highest BCUT2D eigenvalue weighted by molar-refractivity contribution is 5.55. The van der Waals surface area contributed by atoms with Crippen molar-refractivity contribution in [2.75, 3.05) is 29.9 Å². The molecule has 1 aromatic rings. The van der Waals surface area contributed by atoms with Crippen molar-refractivity contribution in [3.63, 3.8) is 0 Å². The van der Waals surface area contributed by atoms with E-state index in [0.717, 1.165) is 25.3 Å². The largest absolute Gasteiger partial charge is 0.382 e. The molecule has 2 rings (SSSR count). The van der Waals surface area contributed by atoms with Crippen LogP contribution in [0.3, 0.4) is 0 Å². The first kappa shape index (κ1) is 13.0. The monoisotopic (exact) mass is 246 g/mol. The van der Waals surface area contributed by atoms with Gasteiger partial charge < -0.3 is 15.0 Å². The van der Waals surface area contributed by atoms with Crippen molar-refractivity contribution >= 4 is 11.4 Å². The number of ether oxygens (including phenoxy) is 1. The zero-order valence-electron chi connectivity index (χ0n) is 11.2. The topological polar surface area (TPSA) is 24.5 Å². The number of hydrogen-bond acceptors (Lipinski definition) is 3. The molecule has 1 aliphatic rings. The highest BCUT2D eigenvalue weighted by Gasteiger charge is 2.22.